The molecule has 0 radical (unpaired) electrons. The molecular weight excluding hydrogens is 416 g/mol. The first-order chi connectivity index (χ1) is 11.3. The molecule has 0 fully saturated rings. The van der Waals surface area contributed by atoms with Crippen molar-refractivity contribution in [3.8, 4) is 0 Å². The maximum absolute atomic E-state index is 11.2. The topological polar surface area (TPSA) is 98.7 Å². The molecule has 25 heavy (non-hydrogen) atoms. The largest absolute Gasteiger partial charge is 2.00 e. The molecule has 0 saturated heterocycles. The second kappa shape index (κ2) is 11.9. The van der Waals surface area contributed by atoms with E-state index < -0.39 is 15.2 Å². The van der Waals surface area contributed by atoms with Gasteiger partial charge in [0.05, 0.1) is 13.2 Å². The Hall–Kier alpha value is -0.637. The molecule has 0 saturated carbocycles. The summed E-state index contributed by atoms with van der Waals surface area (Å²) in [5.41, 5.74) is 0. The van der Waals surface area contributed by atoms with Gasteiger partial charge in [-0.25, -0.2) is 0 Å². The molecular formula is C16H20O6P2Zn. The molecule has 2 aromatic rings. The molecule has 0 aliphatic rings. The third kappa shape index (κ3) is 8.53. The van der Waals surface area contributed by atoms with Crippen LogP contribution in [-0.4, -0.2) is 13.2 Å². The minimum atomic E-state index is -3.79. The molecule has 0 heterocycles. The van der Waals surface area contributed by atoms with E-state index in [1.54, 1.807) is 50.2 Å². The molecule has 2 aromatic carbocycles. The average Bonchev–Trinajstić information content (AvgIpc) is 2.57. The zero-order chi connectivity index (χ0) is 18.1. The summed E-state index contributed by atoms with van der Waals surface area (Å²) < 4.78 is 31.7. The van der Waals surface area contributed by atoms with Gasteiger partial charge in [0.25, 0.3) is 0 Å². The summed E-state index contributed by atoms with van der Waals surface area (Å²) in [6.07, 6.45) is 0. The van der Waals surface area contributed by atoms with Gasteiger partial charge in [-0.3, -0.25) is 0 Å². The molecule has 0 aliphatic heterocycles. The standard InChI is InChI=1S/2C8H11O3P.Zn/c2*1-2-11-12(9,10)8-6-4-3-5-7-8;/h2*3-7H,2H2,1H3,(H,9,10);/q;;+2/p-2. The summed E-state index contributed by atoms with van der Waals surface area (Å²) in [4.78, 5) is 22.5. The van der Waals surface area contributed by atoms with Gasteiger partial charge >= 0.3 is 19.5 Å². The van der Waals surface area contributed by atoms with Gasteiger partial charge in [-0.2, -0.15) is 0 Å². The predicted molar refractivity (Wildman–Crippen MR) is 90.6 cm³/mol. The van der Waals surface area contributed by atoms with Crippen molar-refractivity contribution >= 4 is 25.8 Å². The molecule has 0 amide bonds. The van der Waals surface area contributed by atoms with Gasteiger partial charge in [0, 0.05) is 10.6 Å². The fraction of sp³-hybridized carbons (Fsp3) is 0.250. The first kappa shape index (κ1) is 24.4. The molecule has 0 aromatic heterocycles. The molecule has 0 spiro atoms. The van der Waals surface area contributed by atoms with Crippen LogP contribution in [0.4, 0.5) is 0 Å². The summed E-state index contributed by atoms with van der Waals surface area (Å²) in [7, 11) is -7.59. The Bertz CT molecular complexity index is 635. The average molecular weight is 436 g/mol. The van der Waals surface area contributed by atoms with Crippen molar-refractivity contribution in [1.29, 1.82) is 0 Å². The first-order valence-electron chi connectivity index (χ1n) is 7.36. The van der Waals surface area contributed by atoms with Gasteiger partial charge in [0.2, 0.25) is 0 Å². The van der Waals surface area contributed by atoms with Crippen LogP contribution in [0.1, 0.15) is 13.8 Å². The van der Waals surface area contributed by atoms with E-state index in [-0.39, 0.29) is 43.3 Å². The van der Waals surface area contributed by atoms with E-state index in [0.29, 0.717) is 0 Å². The quantitative estimate of drug-likeness (QED) is 0.507. The Morgan fingerprint density at radius 3 is 1.24 bits per heavy atom. The van der Waals surface area contributed by atoms with Crippen molar-refractivity contribution < 1.29 is 47.4 Å². The van der Waals surface area contributed by atoms with Gasteiger partial charge in [0.1, 0.15) is 0 Å². The second-order valence-corrected chi connectivity index (χ2v) is 8.04. The van der Waals surface area contributed by atoms with Gasteiger partial charge < -0.3 is 28.0 Å². The predicted octanol–water partition coefficient (Wildman–Crippen LogP) is 1.80. The summed E-state index contributed by atoms with van der Waals surface area (Å²) in [6, 6.07) is 16.3. The summed E-state index contributed by atoms with van der Waals surface area (Å²) in [5, 5.41) is 0.457. The van der Waals surface area contributed by atoms with Crippen LogP contribution >= 0.6 is 15.2 Å². The molecule has 2 unspecified atom stereocenters. The van der Waals surface area contributed by atoms with Gasteiger partial charge in [-0.15, -0.1) is 0 Å². The van der Waals surface area contributed by atoms with Crippen molar-refractivity contribution in [2.75, 3.05) is 13.2 Å². The van der Waals surface area contributed by atoms with E-state index in [1.807, 2.05) is 0 Å². The van der Waals surface area contributed by atoms with Gasteiger partial charge in [0.15, 0.2) is 15.2 Å². The molecule has 0 aliphatic carbocycles. The molecule has 0 bridgehead atoms. The summed E-state index contributed by atoms with van der Waals surface area (Å²) in [6.45, 7) is 3.65. The number of hydrogen-bond acceptors (Lipinski definition) is 6. The Morgan fingerprint density at radius 2 is 1.00 bits per heavy atom. The van der Waals surface area contributed by atoms with E-state index in [1.165, 1.54) is 24.3 Å². The minimum Gasteiger partial charge on any atom is -0.775 e. The molecule has 6 nitrogen and oxygen atoms in total. The summed E-state index contributed by atoms with van der Waals surface area (Å²) in [5.74, 6) is 0. The van der Waals surface area contributed by atoms with E-state index >= 15 is 0 Å². The zero-order valence-corrected chi connectivity index (χ0v) is 19.0. The Morgan fingerprint density at radius 1 is 0.720 bits per heavy atom. The van der Waals surface area contributed by atoms with E-state index in [2.05, 4.69) is 9.05 Å². The SMILES string of the molecule is CCOP(=O)([O-])c1ccccc1.CCOP(=O)([O-])c1ccccc1.[Zn+2]. The molecule has 2 atom stereocenters. The monoisotopic (exact) mass is 434 g/mol. The number of rotatable bonds is 6. The second-order valence-electron chi connectivity index (χ2n) is 4.50. The molecule has 132 valence electrons. The van der Waals surface area contributed by atoms with Crippen LogP contribution in [0.15, 0.2) is 60.7 Å². The van der Waals surface area contributed by atoms with Gasteiger partial charge in [-0.05, 0) is 13.8 Å². The normalized spacial score (nSPS) is 14.9. The number of hydrogen-bond donors (Lipinski definition) is 0. The van der Waals surface area contributed by atoms with E-state index in [9.17, 15) is 18.9 Å². The summed E-state index contributed by atoms with van der Waals surface area (Å²) >= 11 is 0. The van der Waals surface area contributed by atoms with Crippen molar-refractivity contribution in [1.82, 2.24) is 0 Å². The number of benzene rings is 2. The zero-order valence-electron chi connectivity index (χ0n) is 14.2. The van der Waals surface area contributed by atoms with Crippen molar-refractivity contribution in [2.45, 2.75) is 13.8 Å². The fourth-order valence-electron chi connectivity index (χ4n) is 1.71. The van der Waals surface area contributed by atoms with Crippen molar-refractivity contribution in [3.05, 3.63) is 60.7 Å². The Kier molecular flexibility index (Phi) is 11.6. The Balaban J connectivity index is 0.000000443. The maximum Gasteiger partial charge on any atom is 2.00 e. The maximum atomic E-state index is 11.2. The van der Waals surface area contributed by atoms with Crippen LogP contribution in [0.2, 0.25) is 0 Å². The van der Waals surface area contributed by atoms with Crippen molar-refractivity contribution in [2.24, 2.45) is 0 Å². The first-order valence-corrected chi connectivity index (χ1v) is 10.4. The van der Waals surface area contributed by atoms with E-state index in [0.717, 1.165) is 0 Å². The molecule has 9 heteroatoms. The third-order valence-corrected chi connectivity index (χ3v) is 5.80. The van der Waals surface area contributed by atoms with Crippen LogP contribution in [0.25, 0.3) is 0 Å². The van der Waals surface area contributed by atoms with Crippen LogP contribution in [0.3, 0.4) is 0 Å². The molecule has 2 rings (SSSR count). The Labute approximate surface area is 161 Å². The van der Waals surface area contributed by atoms with E-state index in [4.69, 9.17) is 0 Å². The smallest absolute Gasteiger partial charge is 0.775 e. The van der Waals surface area contributed by atoms with Gasteiger partial charge in [-0.1, -0.05) is 60.7 Å². The van der Waals surface area contributed by atoms with Crippen LogP contribution in [0, 0.1) is 0 Å². The van der Waals surface area contributed by atoms with Crippen LogP contribution < -0.4 is 20.4 Å². The van der Waals surface area contributed by atoms with Crippen molar-refractivity contribution in [3.63, 3.8) is 0 Å². The van der Waals surface area contributed by atoms with Crippen LogP contribution in [0.5, 0.6) is 0 Å². The molecule has 0 N–H and O–H groups in total. The minimum absolute atomic E-state index is 0. The fourth-order valence-corrected chi connectivity index (χ4v) is 3.76. The third-order valence-electron chi connectivity index (χ3n) is 2.74. The van der Waals surface area contributed by atoms with Crippen LogP contribution in [-0.2, 0) is 37.7 Å².